The standard InChI is InChI=1S/C21H40O2/c1-4-6-8-10-11-12-13-15-17-19-23-21(22)20(3)18-16-14-9-7-5-2/h3-19H2,1-2H3. The summed E-state index contributed by atoms with van der Waals surface area (Å²) in [5.74, 6) is -0.181. The van der Waals surface area contributed by atoms with Crippen LogP contribution in [0.1, 0.15) is 110 Å². The first-order chi connectivity index (χ1) is 11.2. The fourth-order valence-corrected chi connectivity index (χ4v) is 2.72. The van der Waals surface area contributed by atoms with Gasteiger partial charge < -0.3 is 4.74 Å². The summed E-state index contributed by atoms with van der Waals surface area (Å²) in [6, 6.07) is 0. The van der Waals surface area contributed by atoms with Crippen LogP contribution in [-0.2, 0) is 9.53 Å². The van der Waals surface area contributed by atoms with Crippen molar-refractivity contribution in [3.63, 3.8) is 0 Å². The smallest absolute Gasteiger partial charge is 0.333 e. The molecule has 0 aliphatic heterocycles. The van der Waals surface area contributed by atoms with Gasteiger partial charge in [0.15, 0.2) is 0 Å². The highest BCUT2D eigenvalue weighted by atomic mass is 16.5. The topological polar surface area (TPSA) is 26.3 Å². The van der Waals surface area contributed by atoms with E-state index in [1.165, 1.54) is 77.0 Å². The van der Waals surface area contributed by atoms with Crippen molar-refractivity contribution >= 4 is 5.97 Å². The Balaban J connectivity index is 3.33. The zero-order valence-corrected chi connectivity index (χ0v) is 15.8. The Morgan fingerprint density at radius 2 is 1.13 bits per heavy atom. The number of carbonyl (C=O) groups excluding carboxylic acids is 1. The van der Waals surface area contributed by atoms with Gasteiger partial charge in [0, 0.05) is 5.57 Å². The van der Waals surface area contributed by atoms with Crippen molar-refractivity contribution in [2.45, 2.75) is 110 Å². The molecule has 0 aliphatic rings. The van der Waals surface area contributed by atoms with Gasteiger partial charge in [-0.05, 0) is 19.3 Å². The van der Waals surface area contributed by atoms with Gasteiger partial charge in [-0.25, -0.2) is 4.79 Å². The molecule has 0 aliphatic carbocycles. The summed E-state index contributed by atoms with van der Waals surface area (Å²) in [5, 5.41) is 0. The maximum atomic E-state index is 11.8. The Bertz CT molecular complexity index is 284. The first-order valence-corrected chi connectivity index (χ1v) is 10.1. The van der Waals surface area contributed by atoms with Crippen LogP contribution in [0.25, 0.3) is 0 Å². The molecule has 0 unspecified atom stereocenters. The molecule has 0 heterocycles. The number of carbonyl (C=O) groups is 1. The van der Waals surface area contributed by atoms with E-state index < -0.39 is 0 Å². The van der Waals surface area contributed by atoms with Crippen LogP contribution in [-0.4, -0.2) is 12.6 Å². The molecule has 0 spiro atoms. The zero-order valence-electron chi connectivity index (χ0n) is 15.8. The molecule has 136 valence electrons. The highest BCUT2D eigenvalue weighted by Gasteiger charge is 2.07. The van der Waals surface area contributed by atoms with Gasteiger partial charge in [0.1, 0.15) is 0 Å². The minimum atomic E-state index is -0.181. The number of hydrogen-bond acceptors (Lipinski definition) is 2. The maximum absolute atomic E-state index is 11.8. The lowest BCUT2D eigenvalue weighted by Gasteiger charge is -2.07. The summed E-state index contributed by atoms with van der Waals surface area (Å²) in [5.41, 5.74) is 0.650. The normalized spacial score (nSPS) is 10.7. The molecule has 0 rings (SSSR count). The molecule has 0 fully saturated rings. The average molecular weight is 325 g/mol. The van der Waals surface area contributed by atoms with Gasteiger partial charge in [-0.1, -0.05) is 97.5 Å². The van der Waals surface area contributed by atoms with Crippen molar-refractivity contribution in [2.75, 3.05) is 6.61 Å². The van der Waals surface area contributed by atoms with Crippen molar-refractivity contribution in [3.05, 3.63) is 12.2 Å². The Morgan fingerprint density at radius 1 is 0.696 bits per heavy atom. The Morgan fingerprint density at radius 3 is 1.65 bits per heavy atom. The molecule has 0 saturated heterocycles. The fourth-order valence-electron chi connectivity index (χ4n) is 2.72. The van der Waals surface area contributed by atoms with Crippen LogP contribution in [0.15, 0.2) is 12.2 Å². The van der Waals surface area contributed by atoms with E-state index in [4.69, 9.17) is 4.74 Å². The number of unbranched alkanes of at least 4 members (excludes halogenated alkanes) is 12. The average Bonchev–Trinajstić information content (AvgIpc) is 2.56. The van der Waals surface area contributed by atoms with Gasteiger partial charge in [0.2, 0.25) is 0 Å². The Hall–Kier alpha value is -0.790. The van der Waals surface area contributed by atoms with Gasteiger partial charge in [-0.2, -0.15) is 0 Å². The van der Waals surface area contributed by atoms with Gasteiger partial charge in [0.25, 0.3) is 0 Å². The largest absolute Gasteiger partial charge is 0.462 e. The van der Waals surface area contributed by atoms with Crippen LogP contribution in [0.3, 0.4) is 0 Å². The van der Waals surface area contributed by atoms with E-state index in [-0.39, 0.29) is 5.97 Å². The fraction of sp³-hybridized carbons (Fsp3) is 0.857. The molecule has 0 bridgehead atoms. The van der Waals surface area contributed by atoms with Gasteiger partial charge >= 0.3 is 5.97 Å². The number of ether oxygens (including phenoxy) is 1. The van der Waals surface area contributed by atoms with Crippen molar-refractivity contribution < 1.29 is 9.53 Å². The van der Waals surface area contributed by atoms with E-state index in [1.54, 1.807) is 0 Å². The molecular weight excluding hydrogens is 284 g/mol. The van der Waals surface area contributed by atoms with Crippen LogP contribution in [0.5, 0.6) is 0 Å². The second-order valence-electron chi connectivity index (χ2n) is 6.73. The number of hydrogen-bond donors (Lipinski definition) is 0. The van der Waals surface area contributed by atoms with Crippen LogP contribution in [0, 0.1) is 0 Å². The van der Waals surface area contributed by atoms with Crippen molar-refractivity contribution in [2.24, 2.45) is 0 Å². The van der Waals surface area contributed by atoms with Crippen LogP contribution in [0.4, 0.5) is 0 Å². The minimum absolute atomic E-state index is 0.181. The third-order valence-electron chi connectivity index (χ3n) is 4.35. The molecule has 0 N–H and O–H groups in total. The molecule has 0 amide bonds. The Labute approximate surface area is 145 Å². The van der Waals surface area contributed by atoms with Gasteiger partial charge in [-0.3, -0.25) is 0 Å². The van der Waals surface area contributed by atoms with Crippen molar-refractivity contribution in [1.29, 1.82) is 0 Å². The number of esters is 1. The van der Waals surface area contributed by atoms with Crippen LogP contribution >= 0.6 is 0 Å². The van der Waals surface area contributed by atoms with E-state index in [9.17, 15) is 4.79 Å². The van der Waals surface area contributed by atoms with Crippen molar-refractivity contribution in [1.82, 2.24) is 0 Å². The molecule has 23 heavy (non-hydrogen) atoms. The molecule has 0 saturated carbocycles. The summed E-state index contributed by atoms with van der Waals surface area (Å²) in [7, 11) is 0. The zero-order chi connectivity index (χ0) is 17.2. The number of rotatable bonds is 17. The summed E-state index contributed by atoms with van der Waals surface area (Å²) < 4.78 is 5.30. The van der Waals surface area contributed by atoms with E-state index in [1.807, 2.05) is 0 Å². The summed E-state index contributed by atoms with van der Waals surface area (Å²) in [4.78, 5) is 11.8. The van der Waals surface area contributed by atoms with Crippen LogP contribution < -0.4 is 0 Å². The predicted molar refractivity (Wildman–Crippen MR) is 101 cm³/mol. The van der Waals surface area contributed by atoms with E-state index in [2.05, 4.69) is 20.4 Å². The van der Waals surface area contributed by atoms with Crippen molar-refractivity contribution in [3.8, 4) is 0 Å². The highest BCUT2D eigenvalue weighted by molar-refractivity contribution is 5.87. The first kappa shape index (κ1) is 22.2. The van der Waals surface area contributed by atoms with Gasteiger partial charge in [0.05, 0.1) is 6.61 Å². The van der Waals surface area contributed by atoms with Crippen LogP contribution in [0.2, 0.25) is 0 Å². The SMILES string of the molecule is C=C(CCCCCCC)C(=O)OCCCCCCCCCCC. The lowest BCUT2D eigenvalue weighted by Crippen LogP contribution is -2.08. The second kappa shape index (κ2) is 17.6. The van der Waals surface area contributed by atoms with E-state index in [0.717, 1.165) is 19.3 Å². The summed E-state index contributed by atoms with van der Waals surface area (Å²) in [6.07, 6.45) is 18.4. The monoisotopic (exact) mass is 324 g/mol. The molecular formula is C21H40O2. The van der Waals surface area contributed by atoms with E-state index in [0.29, 0.717) is 12.2 Å². The molecule has 0 atom stereocenters. The quantitative estimate of drug-likeness (QED) is 0.164. The third kappa shape index (κ3) is 15.9. The molecule has 2 heteroatoms. The lowest BCUT2D eigenvalue weighted by atomic mass is 10.1. The second-order valence-corrected chi connectivity index (χ2v) is 6.73. The molecule has 0 radical (unpaired) electrons. The first-order valence-electron chi connectivity index (χ1n) is 10.1. The van der Waals surface area contributed by atoms with Gasteiger partial charge in [-0.15, -0.1) is 0 Å². The lowest BCUT2D eigenvalue weighted by molar-refractivity contribution is -0.139. The third-order valence-corrected chi connectivity index (χ3v) is 4.35. The summed E-state index contributed by atoms with van der Waals surface area (Å²) in [6.45, 7) is 8.88. The maximum Gasteiger partial charge on any atom is 0.333 e. The summed E-state index contributed by atoms with van der Waals surface area (Å²) >= 11 is 0. The minimum Gasteiger partial charge on any atom is -0.462 e. The molecule has 0 aromatic heterocycles. The molecule has 0 aromatic carbocycles. The molecule has 2 nitrogen and oxygen atoms in total. The molecule has 0 aromatic rings. The Kier molecular flexibility index (Phi) is 17.0. The predicted octanol–water partition coefficient (Wildman–Crippen LogP) is 6.98. The highest BCUT2D eigenvalue weighted by Crippen LogP contribution is 2.12. The van der Waals surface area contributed by atoms with E-state index >= 15 is 0 Å².